The van der Waals surface area contributed by atoms with E-state index in [1.807, 2.05) is 0 Å². The molecule has 3 rings (SSSR count). The van der Waals surface area contributed by atoms with Gasteiger partial charge in [-0.1, -0.05) is 25.1 Å². The van der Waals surface area contributed by atoms with Crippen molar-refractivity contribution in [2.45, 2.75) is 25.4 Å². The number of sulfonamides is 1. The fraction of sp³-hybridized carbons (Fsp3) is 0.208. The van der Waals surface area contributed by atoms with Crippen LogP contribution in [-0.4, -0.2) is 34.6 Å². The van der Waals surface area contributed by atoms with Crippen molar-refractivity contribution >= 4 is 21.6 Å². The Morgan fingerprint density at radius 1 is 1.03 bits per heavy atom. The first-order valence-corrected chi connectivity index (χ1v) is 11.8. The van der Waals surface area contributed by atoms with E-state index >= 15 is 0 Å². The lowest BCUT2D eigenvalue weighted by Crippen LogP contribution is -2.24. The van der Waals surface area contributed by atoms with E-state index in [4.69, 9.17) is 4.74 Å². The molecule has 0 aliphatic carbocycles. The van der Waals surface area contributed by atoms with Crippen molar-refractivity contribution in [3.63, 3.8) is 0 Å². The number of ether oxygens (including phenoxy) is 2. The van der Waals surface area contributed by atoms with Gasteiger partial charge in [0.1, 0.15) is 11.5 Å². The minimum absolute atomic E-state index is 0.0373. The van der Waals surface area contributed by atoms with Crippen LogP contribution in [0.2, 0.25) is 0 Å². The van der Waals surface area contributed by atoms with E-state index in [0.717, 1.165) is 0 Å². The monoisotopic (exact) mass is 490 g/mol. The molecule has 0 aromatic heterocycles. The third-order valence-electron chi connectivity index (χ3n) is 4.95. The normalized spacial score (nSPS) is 11.4. The van der Waals surface area contributed by atoms with Crippen molar-refractivity contribution in [3.8, 4) is 22.6 Å². The molecule has 0 unspecified atom stereocenters. The number of alkyl halides is 2. The summed E-state index contributed by atoms with van der Waals surface area (Å²) in [6, 6.07) is 15.2. The topological polar surface area (TPSA) is 93.7 Å². The van der Waals surface area contributed by atoms with Gasteiger partial charge in [0.2, 0.25) is 10.0 Å². The average Bonchev–Trinajstić information content (AvgIpc) is 2.80. The first-order chi connectivity index (χ1) is 16.1. The number of rotatable bonds is 9. The Hall–Kier alpha value is -3.50. The number of nitrogens with one attached hydrogen (secondary N) is 2. The van der Waals surface area contributed by atoms with E-state index in [1.165, 1.54) is 37.4 Å². The molecule has 34 heavy (non-hydrogen) atoms. The van der Waals surface area contributed by atoms with E-state index in [9.17, 15) is 22.0 Å². The lowest BCUT2D eigenvalue weighted by Gasteiger charge is -2.15. The fourth-order valence-corrected chi connectivity index (χ4v) is 4.35. The smallest absolute Gasteiger partial charge is 0.387 e. The summed E-state index contributed by atoms with van der Waals surface area (Å²) < 4.78 is 62.7. The summed E-state index contributed by atoms with van der Waals surface area (Å²) in [7, 11) is -2.24. The Kier molecular flexibility index (Phi) is 7.85. The molecule has 180 valence electrons. The van der Waals surface area contributed by atoms with Crippen molar-refractivity contribution in [2.75, 3.05) is 19.0 Å². The number of aryl methyl sites for hydroxylation is 1. The minimum atomic E-state index is -3.75. The van der Waals surface area contributed by atoms with Gasteiger partial charge in [-0.05, 0) is 60.5 Å². The molecular weight excluding hydrogens is 466 g/mol. The first kappa shape index (κ1) is 25.1. The second kappa shape index (κ2) is 10.6. The lowest BCUT2D eigenvalue weighted by molar-refractivity contribution is -0.0494. The van der Waals surface area contributed by atoms with Crippen LogP contribution in [0.4, 0.5) is 14.5 Å². The van der Waals surface area contributed by atoms with Gasteiger partial charge in [-0.25, -0.2) is 13.1 Å². The molecule has 3 aromatic carbocycles. The molecule has 0 fully saturated rings. The van der Waals surface area contributed by atoms with Crippen LogP contribution in [0.3, 0.4) is 0 Å². The van der Waals surface area contributed by atoms with E-state index in [2.05, 4.69) is 14.8 Å². The van der Waals surface area contributed by atoms with Gasteiger partial charge in [-0.15, -0.1) is 0 Å². The Bertz CT molecular complexity index is 1280. The predicted octanol–water partition coefficient (Wildman–Crippen LogP) is 4.82. The van der Waals surface area contributed by atoms with Crippen LogP contribution in [0.1, 0.15) is 22.8 Å². The number of carbonyl (C=O) groups is 1. The quantitative estimate of drug-likeness (QED) is 0.449. The summed E-state index contributed by atoms with van der Waals surface area (Å²) in [4.78, 5) is 12.9. The van der Waals surface area contributed by atoms with E-state index in [-0.39, 0.29) is 22.8 Å². The zero-order valence-electron chi connectivity index (χ0n) is 18.8. The maximum Gasteiger partial charge on any atom is 0.387 e. The predicted molar refractivity (Wildman–Crippen MR) is 125 cm³/mol. The zero-order chi connectivity index (χ0) is 24.9. The highest BCUT2D eigenvalue weighted by Crippen LogP contribution is 2.35. The Morgan fingerprint density at radius 2 is 1.74 bits per heavy atom. The van der Waals surface area contributed by atoms with Crippen LogP contribution in [-0.2, 0) is 10.0 Å². The molecule has 0 aliphatic heterocycles. The molecule has 0 atom stereocenters. The molecule has 0 saturated carbocycles. The molecule has 0 bridgehead atoms. The SMILES string of the molecule is CCNS(=O)(=O)c1ccc(C)c(C(=O)Nc2ccc(OC(F)F)c(-c3ccc(OC)cc3)c2)c1. The molecule has 0 saturated heterocycles. The van der Waals surface area contributed by atoms with E-state index in [1.54, 1.807) is 44.2 Å². The van der Waals surface area contributed by atoms with E-state index in [0.29, 0.717) is 28.1 Å². The van der Waals surface area contributed by atoms with Gasteiger partial charge >= 0.3 is 6.61 Å². The van der Waals surface area contributed by atoms with Crippen LogP contribution in [0.25, 0.3) is 11.1 Å². The second-order valence-electron chi connectivity index (χ2n) is 7.25. The Morgan fingerprint density at radius 3 is 2.35 bits per heavy atom. The minimum Gasteiger partial charge on any atom is -0.497 e. The highest BCUT2D eigenvalue weighted by molar-refractivity contribution is 7.89. The van der Waals surface area contributed by atoms with Crippen LogP contribution < -0.4 is 19.5 Å². The van der Waals surface area contributed by atoms with Gasteiger partial charge in [0, 0.05) is 23.4 Å². The van der Waals surface area contributed by atoms with Gasteiger partial charge in [-0.2, -0.15) is 8.78 Å². The number of benzene rings is 3. The molecule has 3 aromatic rings. The molecule has 2 N–H and O–H groups in total. The van der Waals surface area contributed by atoms with Crippen LogP contribution in [0, 0.1) is 6.92 Å². The van der Waals surface area contributed by atoms with Crippen molar-refractivity contribution < 1.29 is 31.5 Å². The number of hydrogen-bond acceptors (Lipinski definition) is 5. The number of halogens is 2. The summed E-state index contributed by atoms with van der Waals surface area (Å²) in [5, 5.41) is 2.70. The van der Waals surface area contributed by atoms with Crippen molar-refractivity contribution in [3.05, 3.63) is 71.8 Å². The summed E-state index contributed by atoms with van der Waals surface area (Å²) >= 11 is 0. The van der Waals surface area contributed by atoms with Gasteiger partial charge < -0.3 is 14.8 Å². The third kappa shape index (κ3) is 5.89. The summed E-state index contributed by atoms with van der Waals surface area (Å²) in [5.41, 5.74) is 1.96. The molecular formula is C24H24F2N2O5S. The number of hydrogen-bond donors (Lipinski definition) is 2. The van der Waals surface area contributed by atoms with Gasteiger partial charge in [0.25, 0.3) is 5.91 Å². The van der Waals surface area contributed by atoms with Gasteiger partial charge in [-0.3, -0.25) is 4.79 Å². The molecule has 10 heteroatoms. The van der Waals surface area contributed by atoms with Crippen LogP contribution >= 0.6 is 0 Å². The van der Waals surface area contributed by atoms with Crippen molar-refractivity contribution in [1.82, 2.24) is 4.72 Å². The lowest BCUT2D eigenvalue weighted by atomic mass is 10.0. The average molecular weight is 491 g/mol. The molecule has 7 nitrogen and oxygen atoms in total. The van der Waals surface area contributed by atoms with Crippen LogP contribution in [0.5, 0.6) is 11.5 Å². The zero-order valence-corrected chi connectivity index (χ0v) is 19.6. The molecule has 0 spiro atoms. The molecule has 0 heterocycles. The van der Waals surface area contributed by atoms with Gasteiger partial charge in [0.05, 0.1) is 12.0 Å². The standard InChI is InChI=1S/C24H24F2N2O5S/c1-4-27-34(30,31)19-11-5-15(2)20(14-19)23(29)28-17-8-12-22(33-24(25)26)21(13-17)16-6-9-18(32-3)10-7-16/h5-14,24,27H,4H2,1-3H3,(H,28,29). The Balaban J connectivity index is 1.96. The molecule has 1 amide bonds. The number of amides is 1. The van der Waals surface area contributed by atoms with Crippen molar-refractivity contribution in [2.24, 2.45) is 0 Å². The first-order valence-electron chi connectivity index (χ1n) is 10.3. The third-order valence-corrected chi connectivity index (χ3v) is 6.50. The number of anilines is 1. The van der Waals surface area contributed by atoms with Crippen molar-refractivity contribution in [1.29, 1.82) is 0 Å². The van der Waals surface area contributed by atoms with E-state index < -0.39 is 22.5 Å². The number of methoxy groups -OCH3 is 1. The van der Waals surface area contributed by atoms with Gasteiger partial charge in [0.15, 0.2) is 0 Å². The fourth-order valence-electron chi connectivity index (χ4n) is 3.29. The number of carbonyl (C=O) groups excluding carboxylic acids is 1. The summed E-state index contributed by atoms with van der Waals surface area (Å²) in [6.07, 6.45) is 0. The molecule has 0 radical (unpaired) electrons. The maximum absolute atomic E-state index is 13.0. The highest BCUT2D eigenvalue weighted by atomic mass is 32.2. The summed E-state index contributed by atoms with van der Waals surface area (Å²) in [6.45, 7) is 0.516. The highest BCUT2D eigenvalue weighted by Gasteiger charge is 2.19. The largest absolute Gasteiger partial charge is 0.497 e. The maximum atomic E-state index is 13.0. The summed E-state index contributed by atoms with van der Waals surface area (Å²) in [5.74, 6) is -0.0188. The van der Waals surface area contributed by atoms with Crippen LogP contribution in [0.15, 0.2) is 65.6 Å². The Labute approximate surface area is 196 Å². The second-order valence-corrected chi connectivity index (χ2v) is 9.02. The molecule has 0 aliphatic rings.